The first-order chi connectivity index (χ1) is 8.59. The van der Waals surface area contributed by atoms with Crippen molar-refractivity contribution < 1.29 is 17.6 Å². The standard InChI is InChI=1S/C12H17FN2O3S/c1-12(2,14)8-19(17,18)7-11(16)15-10-6-4-3-5-9(10)13/h3-6H,7-8,14H2,1-2H3,(H,15,16). The molecule has 1 aromatic carbocycles. The van der Waals surface area contributed by atoms with Gasteiger partial charge in [-0.25, -0.2) is 12.8 Å². The predicted molar refractivity (Wildman–Crippen MR) is 71.9 cm³/mol. The lowest BCUT2D eigenvalue weighted by molar-refractivity contribution is -0.113. The van der Waals surface area contributed by atoms with E-state index in [1.807, 2.05) is 0 Å². The third-order valence-electron chi connectivity index (χ3n) is 2.09. The highest BCUT2D eigenvalue weighted by Gasteiger charge is 2.24. The fraction of sp³-hybridized carbons (Fsp3) is 0.417. The fourth-order valence-electron chi connectivity index (χ4n) is 1.57. The van der Waals surface area contributed by atoms with Crippen molar-refractivity contribution in [3.8, 4) is 0 Å². The van der Waals surface area contributed by atoms with Crippen molar-refractivity contribution in [2.45, 2.75) is 19.4 Å². The Labute approximate surface area is 111 Å². The van der Waals surface area contributed by atoms with Crippen molar-refractivity contribution in [1.82, 2.24) is 0 Å². The third-order valence-corrected chi connectivity index (χ3v) is 3.98. The van der Waals surface area contributed by atoms with E-state index in [1.54, 1.807) is 13.8 Å². The summed E-state index contributed by atoms with van der Waals surface area (Å²) in [6.45, 7) is 3.11. The molecule has 0 aliphatic carbocycles. The lowest BCUT2D eigenvalue weighted by atomic mass is 10.1. The quantitative estimate of drug-likeness (QED) is 0.843. The second-order valence-corrected chi connectivity index (χ2v) is 7.11. The number of carbonyl (C=O) groups is 1. The number of benzene rings is 1. The molecule has 0 saturated carbocycles. The number of carbonyl (C=O) groups excluding carboxylic acids is 1. The number of para-hydroxylation sites is 1. The molecule has 0 spiro atoms. The molecule has 0 aliphatic rings. The van der Waals surface area contributed by atoms with Crippen LogP contribution in [0.3, 0.4) is 0 Å². The van der Waals surface area contributed by atoms with Crippen LogP contribution in [0.25, 0.3) is 0 Å². The van der Waals surface area contributed by atoms with Crippen molar-refractivity contribution >= 4 is 21.4 Å². The van der Waals surface area contributed by atoms with Crippen LogP contribution in [-0.2, 0) is 14.6 Å². The maximum atomic E-state index is 13.3. The molecule has 0 aliphatic heterocycles. The zero-order valence-electron chi connectivity index (χ0n) is 10.8. The summed E-state index contributed by atoms with van der Waals surface area (Å²) in [6.07, 6.45) is 0. The van der Waals surface area contributed by atoms with Crippen LogP contribution in [0.2, 0.25) is 0 Å². The lowest BCUT2D eigenvalue weighted by Crippen LogP contribution is -2.42. The van der Waals surface area contributed by atoms with Gasteiger partial charge in [0, 0.05) is 5.54 Å². The average Bonchev–Trinajstić information content (AvgIpc) is 2.16. The van der Waals surface area contributed by atoms with Crippen molar-refractivity contribution in [3.63, 3.8) is 0 Å². The normalized spacial score (nSPS) is 12.2. The Balaban J connectivity index is 2.69. The molecule has 0 saturated heterocycles. The highest BCUT2D eigenvalue weighted by Crippen LogP contribution is 2.12. The Morgan fingerprint density at radius 1 is 1.37 bits per heavy atom. The Bertz CT molecular complexity index is 565. The molecule has 0 aromatic heterocycles. The average molecular weight is 288 g/mol. The van der Waals surface area contributed by atoms with E-state index >= 15 is 0 Å². The van der Waals surface area contributed by atoms with Crippen molar-refractivity contribution in [3.05, 3.63) is 30.1 Å². The van der Waals surface area contributed by atoms with Gasteiger partial charge in [-0.3, -0.25) is 4.79 Å². The Hall–Kier alpha value is -1.47. The van der Waals surface area contributed by atoms with Crippen LogP contribution in [0.4, 0.5) is 10.1 Å². The summed E-state index contributed by atoms with van der Waals surface area (Å²) in [6, 6.07) is 5.54. The maximum Gasteiger partial charge on any atom is 0.239 e. The maximum absolute atomic E-state index is 13.3. The molecule has 0 bridgehead atoms. The van der Waals surface area contributed by atoms with Gasteiger partial charge in [0.05, 0.1) is 11.4 Å². The molecule has 0 heterocycles. The zero-order chi connectivity index (χ0) is 14.7. The lowest BCUT2D eigenvalue weighted by Gasteiger charge is -2.17. The second-order valence-electron chi connectivity index (χ2n) is 5.05. The number of halogens is 1. The monoisotopic (exact) mass is 288 g/mol. The van der Waals surface area contributed by atoms with E-state index in [9.17, 15) is 17.6 Å². The number of amides is 1. The summed E-state index contributed by atoms with van der Waals surface area (Å²) in [5, 5.41) is 2.22. The topological polar surface area (TPSA) is 89.3 Å². The number of rotatable bonds is 5. The summed E-state index contributed by atoms with van der Waals surface area (Å²) in [4.78, 5) is 11.6. The molecule has 0 unspecified atom stereocenters. The van der Waals surface area contributed by atoms with E-state index in [1.165, 1.54) is 24.3 Å². The van der Waals surface area contributed by atoms with E-state index in [0.717, 1.165) is 0 Å². The van der Waals surface area contributed by atoms with E-state index in [0.29, 0.717) is 0 Å². The number of hydrogen-bond donors (Lipinski definition) is 2. The second kappa shape index (κ2) is 5.66. The van der Waals surface area contributed by atoms with Crippen LogP contribution < -0.4 is 11.1 Å². The minimum Gasteiger partial charge on any atom is -0.325 e. The molecule has 19 heavy (non-hydrogen) atoms. The smallest absolute Gasteiger partial charge is 0.239 e. The molecular weight excluding hydrogens is 271 g/mol. The highest BCUT2D eigenvalue weighted by atomic mass is 32.2. The van der Waals surface area contributed by atoms with Crippen molar-refractivity contribution in [2.24, 2.45) is 5.73 Å². The van der Waals surface area contributed by atoms with Crippen LogP contribution in [-0.4, -0.2) is 31.4 Å². The van der Waals surface area contributed by atoms with Crippen LogP contribution in [0.15, 0.2) is 24.3 Å². The highest BCUT2D eigenvalue weighted by molar-refractivity contribution is 7.92. The number of anilines is 1. The van der Waals surface area contributed by atoms with Gasteiger partial charge in [-0.1, -0.05) is 12.1 Å². The molecule has 7 heteroatoms. The minimum atomic E-state index is -3.63. The summed E-state index contributed by atoms with van der Waals surface area (Å²) < 4.78 is 36.7. The molecular formula is C12H17FN2O3S. The van der Waals surface area contributed by atoms with Crippen LogP contribution in [0.1, 0.15) is 13.8 Å². The number of hydrogen-bond acceptors (Lipinski definition) is 4. The van der Waals surface area contributed by atoms with Gasteiger partial charge in [-0.2, -0.15) is 0 Å². The Morgan fingerprint density at radius 2 is 1.95 bits per heavy atom. The first-order valence-electron chi connectivity index (χ1n) is 5.63. The van der Waals surface area contributed by atoms with Gasteiger partial charge in [-0.05, 0) is 26.0 Å². The van der Waals surface area contributed by atoms with Gasteiger partial charge in [-0.15, -0.1) is 0 Å². The summed E-state index contributed by atoms with van der Waals surface area (Å²) in [7, 11) is -3.63. The van der Waals surface area contributed by atoms with Gasteiger partial charge in [0.15, 0.2) is 9.84 Å². The Morgan fingerprint density at radius 3 is 2.47 bits per heavy atom. The largest absolute Gasteiger partial charge is 0.325 e. The fourth-order valence-corrected chi connectivity index (χ4v) is 3.27. The van der Waals surface area contributed by atoms with Crippen molar-refractivity contribution in [2.75, 3.05) is 16.8 Å². The van der Waals surface area contributed by atoms with Crippen LogP contribution in [0.5, 0.6) is 0 Å². The summed E-state index contributed by atoms with van der Waals surface area (Å²) in [5.41, 5.74) is 4.64. The zero-order valence-corrected chi connectivity index (χ0v) is 11.6. The van der Waals surface area contributed by atoms with Gasteiger partial charge in [0.25, 0.3) is 0 Å². The van der Waals surface area contributed by atoms with E-state index in [2.05, 4.69) is 5.32 Å². The number of sulfone groups is 1. The van der Waals surface area contributed by atoms with Crippen LogP contribution >= 0.6 is 0 Å². The minimum absolute atomic E-state index is 0.0466. The molecule has 0 atom stereocenters. The SMILES string of the molecule is CC(C)(N)CS(=O)(=O)CC(=O)Nc1ccccc1F. The molecule has 1 amide bonds. The summed E-state index contributed by atoms with van der Waals surface area (Å²) in [5.74, 6) is -2.44. The molecule has 106 valence electrons. The van der Waals surface area contributed by atoms with Gasteiger partial charge in [0.1, 0.15) is 11.6 Å². The molecule has 1 aromatic rings. The summed E-state index contributed by atoms with van der Waals surface area (Å²) >= 11 is 0. The van der Waals surface area contributed by atoms with Crippen LogP contribution in [0, 0.1) is 5.82 Å². The Kier molecular flexibility index (Phi) is 4.65. The van der Waals surface area contributed by atoms with E-state index < -0.39 is 32.9 Å². The van der Waals surface area contributed by atoms with Gasteiger partial charge in [0.2, 0.25) is 5.91 Å². The molecule has 1 rings (SSSR count). The molecule has 0 fully saturated rings. The molecule has 0 radical (unpaired) electrons. The predicted octanol–water partition coefficient (Wildman–Crippen LogP) is 0.916. The van der Waals surface area contributed by atoms with E-state index in [-0.39, 0.29) is 11.4 Å². The first kappa shape index (κ1) is 15.6. The van der Waals surface area contributed by atoms with Gasteiger partial charge < -0.3 is 11.1 Å². The molecule has 5 nitrogen and oxygen atoms in total. The van der Waals surface area contributed by atoms with Crippen molar-refractivity contribution in [1.29, 1.82) is 0 Å². The number of nitrogens with two attached hydrogens (primary N) is 1. The molecule has 3 N–H and O–H groups in total. The van der Waals surface area contributed by atoms with E-state index in [4.69, 9.17) is 5.73 Å². The van der Waals surface area contributed by atoms with Gasteiger partial charge >= 0.3 is 0 Å². The first-order valence-corrected chi connectivity index (χ1v) is 7.45. The third kappa shape index (κ3) is 5.80. The number of nitrogens with one attached hydrogen (secondary N) is 1.